The lowest BCUT2D eigenvalue weighted by molar-refractivity contribution is -0.143. The van der Waals surface area contributed by atoms with Crippen LogP contribution in [0.5, 0.6) is 0 Å². The Balaban J connectivity index is 1.86. The summed E-state index contributed by atoms with van der Waals surface area (Å²) in [7, 11) is 0. The van der Waals surface area contributed by atoms with Crippen molar-refractivity contribution in [1.29, 1.82) is 0 Å². The van der Waals surface area contributed by atoms with Crippen molar-refractivity contribution in [3.63, 3.8) is 0 Å². The Kier molecular flexibility index (Phi) is 16.1. The number of benzene rings is 4. The van der Waals surface area contributed by atoms with E-state index in [2.05, 4.69) is 10.6 Å². The standard InChI is InChI=1S/C43H50ClN5O7/c1-29(2)38(48-40(53)36(26-37(50)51)47-39(52)35(46)24-14-15-25-45)41(54)49(42(55)56-28-31-18-12-13-23-34(31)44)43(32-19-8-4-9-20-32,33-21-10-5-11-22-33)27-30-16-6-3-7-17-30/h3-13,16-23,29,35-36,38H,14-15,24-28,45-46H2,1-2H3,(H,47,52)(H,48,53)(H,50,51)/t35-,36-,38-/m0/s1. The van der Waals surface area contributed by atoms with Gasteiger partial charge >= 0.3 is 12.1 Å². The van der Waals surface area contributed by atoms with E-state index in [1.54, 1.807) is 62.4 Å². The predicted molar refractivity (Wildman–Crippen MR) is 214 cm³/mol. The Morgan fingerprint density at radius 1 is 0.786 bits per heavy atom. The highest BCUT2D eigenvalue weighted by Crippen LogP contribution is 2.41. The van der Waals surface area contributed by atoms with E-state index in [1.165, 1.54) is 0 Å². The van der Waals surface area contributed by atoms with Crippen molar-refractivity contribution in [2.24, 2.45) is 17.4 Å². The minimum atomic E-state index is -1.59. The molecule has 56 heavy (non-hydrogen) atoms. The first kappa shape index (κ1) is 43.2. The fourth-order valence-corrected chi connectivity index (χ4v) is 6.68. The number of halogens is 1. The number of carboxylic acid groups (broad SMARTS) is 1. The van der Waals surface area contributed by atoms with Crippen LogP contribution in [0.25, 0.3) is 0 Å². The van der Waals surface area contributed by atoms with Crippen LogP contribution in [0.15, 0.2) is 115 Å². The van der Waals surface area contributed by atoms with E-state index in [1.807, 2.05) is 66.7 Å². The molecule has 12 nitrogen and oxygen atoms in total. The van der Waals surface area contributed by atoms with E-state index in [9.17, 15) is 24.3 Å². The molecule has 0 aliphatic carbocycles. The highest BCUT2D eigenvalue weighted by Gasteiger charge is 2.50. The van der Waals surface area contributed by atoms with Crippen LogP contribution in [-0.2, 0) is 42.5 Å². The molecule has 3 atom stereocenters. The van der Waals surface area contributed by atoms with E-state index >= 15 is 4.79 Å². The normalized spacial score (nSPS) is 12.9. The lowest BCUT2D eigenvalue weighted by atomic mass is 9.76. The van der Waals surface area contributed by atoms with Gasteiger partial charge in [0.2, 0.25) is 11.8 Å². The summed E-state index contributed by atoms with van der Waals surface area (Å²) in [5, 5.41) is 15.2. The van der Waals surface area contributed by atoms with Gasteiger partial charge in [-0.2, -0.15) is 0 Å². The molecule has 0 saturated heterocycles. The fraction of sp³-hybridized carbons (Fsp3) is 0.326. The van der Waals surface area contributed by atoms with E-state index < -0.39 is 65.8 Å². The van der Waals surface area contributed by atoms with Gasteiger partial charge < -0.3 is 31.9 Å². The number of hydrogen-bond donors (Lipinski definition) is 5. The molecule has 0 unspecified atom stereocenters. The molecule has 0 radical (unpaired) electrons. The van der Waals surface area contributed by atoms with Crippen molar-refractivity contribution in [2.75, 3.05) is 6.54 Å². The van der Waals surface area contributed by atoms with Gasteiger partial charge in [0.25, 0.3) is 5.91 Å². The van der Waals surface area contributed by atoms with Gasteiger partial charge in [0.15, 0.2) is 0 Å². The topological polar surface area (TPSA) is 194 Å². The summed E-state index contributed by atoms with van der Waals surface area (Å²) < 4.78 is 5.95. The number of aliphatic carboxylic acids is 1. The van der Waals surface area contributed by atoms with Gasteiger partial charge in [0.1, 0.15) is 24.2 Å². The van der Waals surface area contributed by atoms with Crippen LogP contribution in [0.3, 0.4) is 0 Å². The smallest absolute Gasteiger partial charge is 0.418 e. The van der Waals surface area contributed by atoms with E-state index in [0.717, 1.165) is 10.5 Å². The number of nitrogens with zero attached hydrogens (tertiary/aromatic N) is 1. The fourth-order valence-electron chi connectivity index (χ4n) is 6.49. The SMILES string of the molecule is CC(C)[C@H](NC(=O)[C@H](CC(=O)O)NC(=O)[C@@H](N)CCCCN)C(=O)N(C(=O)OCc1ccccc1Cl)C(Cc1ccccc1)(c1ccccc1)c1ccccc1. The van der Waals surface area contributed by atoms with Gasteiger partial charge in [-0.25, -0.2) is 9.69 Å². The van der Waals surface area contributed by atoms with E-state index in [-0.39, 0.29) is 19.4 Å². The molecule has 0 spiro atoms. The minimum absolute atomic E-state index is 0.104. The maximum Gasteiger partial charge on any atom is 0.418 e. The van der Waals surface area contributed by atoms with Gasteiger partial charge in [0.05, 0.1) is 12.5 Å². The Labute approximate surface area is 332 Å². The van der Waals surface area contributed by atoms with E-state index in [4.69, 9.17) is 27.8 Å². The summed E-state index contributed by atoms with van der Waals surface area (Å²) in [6.07, 6.45) is -0.244. The highest BCUT2D eigenvalue weighted by molar-refractivity contribution is 6.31. The number of ether oxygens (including phenoxy) is 1. The van der Waals surface area contributed by atoms with Gasteiger partial charge in [-0.15, -0.1) is 0 Å². The number of carbonyl (C=O) groups is 5. The number of amides is 4. The maximum absolute atomic E-state index is 15.4. The summed E-state index contributed by atoms with van der Waals surface area (Å²) in [6, 6.07) is 30.3. The first-order chi connectivity index (χ1) is 26.9. The van der Waals surface area contributed by atoms with Crippen molar-refractivity contribution in [1.82, 2.24) is 15.5 Å². The second-order valence-corrected chi connectivity index (χ2v) is 14.3. The molecule has 4 aromatic carbocycles. The molecule has 4 rings (SSSR count). The molecule has 0 aromatic heterocycles. The molecule has 13 heteroatoms. The third-order valence-corrected chi connectivity index (χ3v) is 9.82. The summed E-state index contributed by atoms with van der Waals surface area (Å²) in [6.45, 7) is 3.50. The first-order valence-electron chi connectivity index (χ1n) is 18.6. The van der Waals surface area contributed by atoms with Crippen molar-refractivity contribution < 1.29 is 33.8 Å². The third kappa shape index (κ3) is 11.2. The molecule has 0 heterocycles. The number of nitrogens with one attached hydrogen (secondary N) is 2. The minimum Gasteiger partial charge on any atom is -0.481 e. The van der Waals surface area contributed by atoms with Crippen molar-refractivity contribution >= 4 is 41.4 Å². The van der Waals surface area contributed by atoms with Gasteiger partial charge in [0, 0.05) is 17.0 Å². The van der Waals surface area contributed by atoms with Crippen molar-refractivity contribution in [2.45, 2.75) is 76.2 Å². The van der Waals surface area contributed by atoms with Crippen LogP contribution >= 0.6 is 11.6 Å². The second kappa shape index (κ2) is 20.9. The zero-order valence-corrected chi connectivity index (χ0v) is 32.4. The Morgan fingerprint density at radius 2 is 1.34 bits per heavy atom. The van der Waals surface area contributed by atoms with Crippen molar-refractivity contribution in [3.05, 3.63) is 143 Å². The number of rotatable bonds is 19. The van der Waals surface area contributed by atoms with E-state index in [0.29, 0.717) is 41.1 Å². The predicted octanol–water partition coefficient (Wildman–Crippen LogP) is 5.55. The molecule has 0 saturated carbocycles. The molecule has 0 aliphatic rings. The number of nitrogens with two attached hydrogens (primary N) is 2. The van der Waals surface area contributed by atoms with Gasteiger partial charge in [-0.3, -0.25) is 19.2 Å². The third-order valence-electron chi connectivity index (χ3n) is 9.45. The molecular weight excluding hydrogens is 734 g/mol. The summed E-state index contributed by atoms with van der Waals surface area (Å²) in [4.78, 5) is 70.2. The van der Waals surface area contributed by atoms with Crippen LogP contribution < -0.4 is 22.1 Å². The quantitative estimate of drug-likeness (QED) is 0.0759. The number of unbranched alkanes of at least 4 members (excludes halogenated alkanes) is 1. The Morgan fingerprint density at radius 3 is 1.88 bits per heavy atom. The van der Waals surface area contributed by atoms with Gasteiger partial charge in [-0.1, -0.05) is 141 Å². The average Bonchev–Trinajstić information content (AvgIpc) is 3.19. The number of carboxylic acids is 1. The van der Waals surface area contributed by atoms with Crippen molar-refractivity contribution in [3.8, 4) is 0 Å². The maximum atomic E-state index is 15.4. The average molecular weight is 784 g/mol. The zero-order valence-electron chi connectivity index (χ0n) is 31.6. The van der Waals surface area contributed by atoms with Crippen LogP contribution in [-0.4, -0.2) is 64.5 Å². The van der Waals surface area contributed by atoms with Gasteiger partial charge in [-0.05, 0) is 48.1 Å². The molecule has 4 aromatic rings. The highest BCUT2D eigenvalue weighted by atomic mass is 35.5. The molecule has 4 amide bonds. The number of carbonyl (C=O) groups excluding carboxylic acids is 4. The summed E-state index contributed by atoms with van der Waals surface area (Å²) in [5.41, 5.74) is 12.5. The zero-order chi connectivity index (χ0) is 40.7. The second-order valence-electron chi connectivity index (χ2n) is 13.9. The molecule has 7 N–H and O–H groups in total. The van der Waals surface area contributed by atoms with Crippen LogP contribution in [0.2, 0.25) is 5.02 Å². The summed E-state index contributed by atoms with van der Waals surface area (Å²) in [5.74, 6) is -4.52. The van der Waals surface area contributed by atoms with Crippen LogP contribution in [0.4, 0.5) is 4.79 Å². The lowest BCUT2D eigenvalue weighted by Crippen LogP contribution is -2.63. The molecule has 0 bridgehead atoms. The number of hydrogen-bond acceptors (Lipinski definition) is 8. The molecular formula is C43H50ClN5O7. The number of imide groups is 1. The monoisotopic (exact) mass is 783 g/mol. The largest absolute Gasteiger partial charge is 0.481 e. The first-order valence-corrected chi connectivity index (χ1v) is 18.9. The molecule has 0 aliphatic heterocycles. The Hall–Kier alpha value is -5.56. The van der Waals surface area contributed by atoms with Crippen LogP contribution in [0.1, 0.15) is 61.8 Å². The summed E-state index contributed by atoms with van der Waals surface area (Å²) >= 11 is 6.44. The molecule has 0 fully saturated rings. The lowest BCUT2D eigenvalue weighted by Gasteiger charge is -2.45. The Bertz CT molecular complexity index is 1870. The molecule has 296 valence electrons. The van der Waals surface area contributed by atoms with Crippen LogP contribution in [0, 0.1) is 5.92 Å².